The third-order valence-electron chi connectivity index (χ3n) is 6.84. The Morgan fingerprint density at radius 3 is 2.71 bits per heavy atom. The average molecular weight is 498 g/mol. The van der Waals surface area contributed by atoms with Gasteiger partial charge in [-0.3, -0.25) is 9.56 Å². The van der Waals surface area contributed by atoms with Gasteiger partial charge in [-0.05, 0) is 32.4 Å². The van der Waals surface area contributed by atoms with Crippen LogP contribution in [0, 0.1) is 11.8 Å². The quantitative estimate of drug-likeness (QED) is 0.513. The number of morpholine rings is 1. The number of aliphatic imine (C=N–C) groups is 1. The molecule has 1 aromatic carbocycles. The predicted molar refractivity (Wildman–Crippen MR) is 131 cm³/mol. The van der Waals surface area contributed by atoms with Crippen LogP contribution in [-0.4, -0.2) is 62.7 Å². The fourth-order valence-corrected chi connectivity index (χ4v) is 6.85. The van der Waals surface area contributed by atoms with Crippen LogP contribution >= 0.6 is 22.9 Å². The molecule has 0 unspecified atom stereocenters. The molecule has 10 heteroatoms. The van der Waals surface area contributed by atoms with E-state index in [1.165, 1.54) is 15.3 Å². The van der Waals surface area contributed by atoms with Gasteiger partial charge in [0.15, 0.2) is 5.82 Å². The molecule has 0 N–H and O–H groups in total. The second kappa shape index (κ2) is 7.96. The number of nitroso groups, excluding NO2 is 1. The second-order valence-corrected chi connectivity index (χ2v) is 11.0. The standard InChI is InChI=1S/C24H26ClN6O2S/c1-14-27-28-23-24(2,3)26-21(16-6-4-5-7-18(16)25)20-17-12-15(13-19(17)34-22(20)30(14)23)31(32)29-8-10-33-11-9-29/h4-7,15H,8-13H2,1-3H3/q+1/t15-/m0/s1. The highest BCUT2D eigenvalue weighted by Crippen LogP contribution is 2.45. The van der Waals surface area contributed by atoms with Crippen LogP contribution in [-0.2, 0) is 23.1 Å². The Morgan fingerprint density at radius 1 is 1.18 bits per heavy atom. The van der Waals surface area contributed by atoms with Crippen LogP contribution in [0.5, 0.6) is 0 Å². The van der Waals surface area contributed by atoms with Gasteiger partial charge in [-0.2, -0.15) is 0 Å². The van der Waals surface area contributed by atoms with Gasteiger partial charge >= 0.3 is 0 Å². The van der Waals surface area contributed by atoms with Gasteiger partial charge in [0, 0.05) is 27.4 Å². The van der Waals surface area contributed by atoms with E-state index < -0.39 is 5.54 Å². The highest BCUT2D eigenvalue weighted by atomic mass is 35.5. The number of benzene rings is 1. The number of rotatable bonds is 3. The van der Waals surface area contributed by atoms with Crippen molar-refractivity contribution in [1.82, 2.24) is 19.8 Å². The van der Waals surface area contributed by atoms with E-state index in [-0.39, 0.29) is 6.04 Å². The lowest BCUT2D eigenvalue weighted by atomic mass is 9.97. The number of ether oxygens (including phenoxy) is 1. The number of thiophene rings is 1. The molecule has 176 valence electrons. The van der Waals surface area contributed by atoms with Gasteiger partial charge < -0.3 is 4.74 Å². The lowest BCUT2D eigenvalue weighted by Crippen LogP contribution is -2.46. The Kier molecular flexibility index (Phi) is 5.13. The number of halogens is 1. The van der Waals surface area contributed by atoms with Crippen LogP contribution in [0.4, 0.5) is 0 Å². The second-order valence-electron chi connectivity index (χ2n) is 9.52. The van der Waals surface area contributed by atoms with Gasteiger partial charge in [0.05, 0.1) is 30.3 Å². The zero-order valence-electron chi connectivity index (χ0n) is 19.4. The maximum Gasteiger partial charge on any atom is 0.243 e. The maximum absolute atomic E-state index is 13.2. The Bertz CT molecular complexity index is 1340. The Morgan fingerprint density at radius 2 is 1.94 bits per heavy atom. The van der Waals surface area contributed by atoms with Crippen molar-refractivity contribution in [2.24, 2.45) is 4.99 Å². The first-order valence-electron chi connectivity index (χ1n) is 11.6. The summed E-state index contributed by atoms with van der Waals surface area (Å²) in [7, 11) is 0. The van der Waals surface area contributed by atoms with Gasteiger partial charge in [-0.25, -0.2) is 0 Å². The van der Waals surface area contributed by atoms with Crippen LogP contribution in [0.25, 0.3) is 5.00 Å². The highest BCUT2D eigenvalue weighted by Gasteiger charge is 2.44. The van der Waals surface area contributed by atoms with E-state index in [2.05, 4.69) is 28.6 Å². The minimum Gasteiger partial charge on any atom is -0.377 e. The van der Waals surface area contributed by atoms with Gasteiger partial charge in [-0.1, -0.05) is 29.8 Å². The predicted octanol–water partition coefficient (Wildman–Crippen LogP) is 3.87. The molecule has 0 amide bonds. The molecule has 4 heterocycles. The molecule has 2 aliphatic heterocycles. The number of aryl methyl sites for hydroxylation is 1. The fraction of sp³-hybridized carbons (Fsp3) is 0.458. The lowest BCUT2D eigenvalue weighted by molar-refractivity contribution is -0.736. The number of fused-ring (bicyclic) bond motifs is 5. The van der Waals surface area contributed by atoms with Crippen molar-refractivity contribution >= 4 is 28.6 Å². The molecule has 0 spiro atoms. The Hall–Kier alpha value is -2.62. The van der Waals surface area contributed by atoms with Crippen molar-refractivity contribution < 1.29 is 9.61 Å². The van der Waals surface area contributed by atoms with E-state index >= 15 is 0 Å². The average Bonchev–Trinajstić information content (AvgIpc) is 3.49. The van der Waals surface area contributed by atoms with Gasteiger partial charge in [0.2, 0.25) is 6.04 Å². The maximum atomic E-state index is 13.2. The molecule has 3 aliphatic rings. The molecule has 8 nitrogen and oxygen atoms in total. The van der Waals surface area contributed by atoms with Crippen molar-refractivity contribution in [2.75, 3.05) is 26.3 Å². The minimum absolute atomic E-state index is 0.130. The van der Waals surface area contributed by atoms with E-state index in [9.17, 15) is 4.91 Å². The Labute approximate surface area is 206 Å². The normalized spacial score (nSPS) is 20.9. The van der Waals surface area contributed by atoms with Gasteiger partial charge in [0.1, 0.15) is 34.3 Å². The highest BCUT2D eigenvalue weighted by molar-refractivity contribution is 7.15. The SMILES string of the molecule is Cc1nnc2n1-c1sc3c(c1C(c1ccccc1Cl)=NC2(C)C)C[C@H]([N+](=O)N1CCOCC1)C3. The third kappa shape index (κ3) is 3.32. The van der Waals surface area contributed by atoms with Gasteiger partial charge in [-0.15, -0.1) is 26.5 Å². The topological polar surface area (TPSA) is 75.6 Å². The smallest absolute Gasteiger partial charge is 0.243 e. The van der Waals surface area contributed by atoms with E-state index in [4.69, 9.17) is 21.3 Å². The zero-order chi connectivity index (χ0) is 23.6. The number of aromatic nitrogens is 3. The van der Waals surface area contributed by atoms with Crippen molar-refractivity contribution in [2.45, 2.75) is 45.2 Å². The molecule has 6 rings (SSSR count). The first-order valence-corrected chi connectivity index (χ1v) is 12.8. The molecule has 1 atom stereocenters. The summed E-state index contributed by atoms with van der Waals surface area (Å²) >= 11 is 8.42. The Balaban J connectivity index is 1.51. The number of nitrogens with zero attached hydrogens (tertiary/aromatic N) is 6. The first kappa shape index (κ1) is 21.9. The summed E-state index contributed by atoms with van der Waals surface area (Å²) in [5.74, 6) is 1.64. The van der Waals surface area contributed by atoms with E-state index in [0.29, 0.717) is 44.2 Å². The van der Waals surface area contributed by atoms with E-state index in [1.807, 2.05) is 36.2 Å². The molecule has 3 aromatic rings. The molecule has 1 aliphatic carbocycles. The molecular formula is C24H26ClN6O2S+. The third-order valence-corrected chi connectivity index (χ3v) is 8.41. The van der Waals surface area contributed by atoms with Crippen LogP contribution < -0.4 is 0 Å². The van der Waals surface area contributed by atoms with Crippen LogP contribution in [0.1, 0.15) is 47.1 Å². The molecule has 0 radical (unpaired) electrons. The largest absolute Gasteiger partial charge is 0.377 e. The van der Waals surface area contributed by atoms with Gasteiger partial charge in [0.25, 0.3) is 0 Å². The zero-order valence-corrected chi connectivity index (χ0v) is 21.0. The van der Waals surface area contributed by atoms with Crippen molar-refractivity contribution in [3.05, 3.63) is 67.4 Å². The summed E-state index contributed by atoms with van der Waals surface area (Å²) in [5, 5.41) is 12.5. The minimum atomic E-state index is -0.599. The summed E-state index contributed by atoms with van der Waals surface area (Å²) in [4.78, 5) is 20.9. The molecule has 1 saturated heterocycles. The van der Waals surface area contributed by atoms with Crippen LogP contribution in [0.3, 0.4) is 0 Å². The van der Waals surface area contributed by atoms with Crippen molar-refractivity contribution in [3.63, 3.8) is 0 Å². The molecule has 1 fully saturated rings. The summed E-state index contributed by atoms with van der Waals surface area (Å²) < 4.78 is 7.57. The molecule has 34 heavy (non-hydrogen) atoms. The number of hydrazine groups is 1. The number of hydrogen-bond acceptors (Lipinski definition) is 6. The van der Waals surface area contributed by atoms with E-state index in [1.54, 1.807) is 11.3 Å². The summed E-state index contributed by atoms with van der Waals surface area (Å²) in [6.07, 6.45) is 1.38. The summed E-state index contributed by atoms with van der Waals surface area (Å²) in [6.45, 7) is 8.54. The molecule has 2 aromatic heterocycles. The monoisotopic (exact) mass is 497 g/mol. The number of hydrogen-bond donors (Lipinski definition) is 0. The summed E-state index contributed by atoms with van der Waals surface area (Å²) in [5.41, 5.74) is 3.40. The van der Waals surface area contributed by atoms with Crippen LogP contribution in [0.2, 0.25) is 5.02 Å². The van der Waals surface area contributed by atoms with E-state index in [0.717, 1.165) is 33.5 Å². The summed E-state index contributed by atoms with van der Waals surface area (Å²) in [6, 6.07) is 7.70. The van der Waals surface area contributed by atoms with Crippen molar-refractivity contribution in [3.8, 4) is 5.00 Å². The van der Waals surface area contributed by atoms with Crippen molar-refractivity contribution in [1.29, 1.82) is 0 Å². The lowest BCUT2D eigenvalue weighted by Gasteiger charge is -2.21. The molecular weight excluding hydrogens is 472 g/mol. The first-order chi connectivity index (χ1) is 16.3. The fourth-order valence-electron chi connectivity index (χ4n) is 5.18. The van der Waals surface area contributed by atoms with Crippen LogP contribution in [0.15, 0.2) is 29.3 Å². The molecule has 0 saturated carbocycles. The molecule has 0 bridgehead atoms.